The van der Waals surface area contributed by atoms with Gasteiger partial charge in [-0.3, -0.25) is 4.79 Å². The van der Waals surface area contributed by atoms with Crippen LogP contribution in [0.5, 0.6) is 5.75 Å². The molecular weight excluding hydrogens is 344 g/mol. The van der Waals surface area contributed by atoms with Crippen molar-refractivity contribution in [2.45, 2.75) is 45.1 Å². The first-order valence-electron chi connectivity index (χ1n) is 9.68. The average Bonchev–Trinajstić information content (AvgIpc) is 3.38. The van der Waals surface area contributed by atoms with Gasteiger partial charge in [0.05, 0.1) is 7.11 Å². The second kappa shape index (κ2) is 9.50. The molecule has 1 aromatic carbocycles. The number of nitrogens with one attached hydrogen (secondary N) is 1. The van der Waals surface area contributed by atoms with Crippen molar-refractivity contribution in [2.75, 3.05) is 26.7 Å². The number of rotatable bonds is 9. The van der Waals surface area contributed by atoms with Gasteiger partial charge in [0.15, 0.2) is 0 Å². The maximum atomic E-state index is 12.6. The highest BCUT2D eigenvalue weighted by Crippen LogP contribution is 2.20. The molecule has 1 fully saturated rings. The van der Waals surface area contributed by atoms with Gasteiger partial charge in [0.25, 0.3) is 0 Å². The number of methoxy groups -OCH3 is 1. The van der Waals surface area contributed by atoms with E-state index in [0.29, 0.717) is 37.0 Å². The Morgan fingerprint density at radius 2 is 2.19 bits per heavy atom. The molecule has 1 atom stereocenters. The average molecular weight is 372 g/mol. The number of carbonyl (C=O) groups excluding carboxylic acids is 1. The molecule has 1 aliphatic heterocycles. The Labute approximate surface area is 160 Å². The SMILES string of the molecule is CCCN(C(=O)CCCc1nc(-c2ccc(OC)cc2)no1)C1CCNC1. The van der Waals surface area contributed by atoms with E-state index in [4.69, 9.17) is 9.26 Å². The van der Waals surface area contributed by atoms with Crippen molar-refractivity contribution in [1.82, 2.24) is 20.4 Å². The Morgan fingerprint density at radius 3 is 2.85 bits per heavy atom. The molecule has 1 aliphatic rings. The van der Waals surface area contributed by atoms with Crippen LogP contribution in [-0.4, -0.2) is 53.7 Å². The molecule has 3 rings (SSSR count). The number of nitrogens with zero attached hydrogens (tertiary/aromatic N) is 3. The third-order valence-corrected chi connectivity index (χ3v) is 4.86. The first-order chi connectivity index (χ1) is 13.2. The minimum Gasteiger partial charge on any atom is -0.497 e. The van der Waals surface area contributed by atoms with Crippen LogP contribution < -0.4 is 10.1 Å². The minimum absolute atomic E-state index is 0.223. The molecule has 1 unspecified atom stereocenters. The summed E-state index contributed by atoms with van der Waals surface area (Å²) in [7, 11) is 1.63. The van der Waals surface area contributed by atoms with Gasteiger partial charge < -0.3 is 19.5 Å². The summed E-state index contributed by atoms with van der Waals surface area (Å²) in [6, 6.07) is 7.86. The molecule has 0 radical (unpaired) electrons. The summed E-state index contributed by atoms with van der Waals surface area (Å²) in [5, 5.41) is 7.38. The Kier molecular flexibility index (Phi) is 6.81. The molecule has 2 aromatic rings. The van der Waals surface area contributed by atoms with E-state index in [0.717, 1.165) is 43.8 Å². The third kappa shape index (κ3) is 5.07. The molecule has 0 aliphatic carbocycles. The van der Waals surface area contributed by atoms with Crippen LogP contribution in [-0.2, 0) is 11.2 Å². The lowest BCUT2D eigenvalue weighted by Gasteiger charge is -2.28. The summed E-state index contributed by atoms with van der Waals surface area (Å²) in [6.45, 7) is 4.84. The predicted octanol–water partition coefficient (Wildman–Crippen LogP) is 2.67. The molecule has 7 nitrogen and oxygen atoms in total. The van der Waals surface area contributed by atoms with Crippen molar-refractivity contribution in [3.63, 3.8) is 0 Å². The molecule has 1 amide bonds. The number of hydrogen-bond acceptors (Lipinski definition) is 6. The van der Waals surface area contributed by atoms with Crippen LogP contribution in [0.25, 0.3) is 11.4 Å². The molecule has 2 heterocycles. The maximum absolute atomic E-state index is 12.6. The van der Waals surface area contributed by atoms with E-state index < -0.39 is 0 Å². The first-order valence-corrected chi connectivity index (χ1v) is 9.68. The van der Waals surface area contributed by atoms with Crippen molar-refractivity contribution in [3.05, 3.63) is 30.2 Å². The topological polar surface area (TPSA) is 80.5 Å². The fourth-order valence-electron chi connectivity index (χ4n) is 3.41. The highest BCUT2D eigenvalue weighted by Gasteiger charge is 2.25. The maximum Gasteiger partial charge on any atom is 0.226 e. The molecule has 1 aromatic heterocycles. The van der Waals surface area contributed by atoms with Crippen LogP contribution in [0, 0.1) is 0 Å². The second-order valence-corrected chi connectivity index (χ2v) is 6.83. The zero-order valence-electron chi connectivity index (χ0n) is 16.1. The summed E-state index contributed by atoms with van der Waals surface area (Å²) in [6.07, 6.45) is 3.86. The van der Waals surface area contributed by atoms with E-state index in [1.807, 2.05) is 29.2 Å². The van der Waals surface area contributed by atoms with Gasteiger partial charge in [-0.15, -0.1) is 0 Å². The molecule has 0 spiro atoms. The Balaban J connectivity index is 1.51. The van der Waals surface area contributed by atoms with E-state index >= 15 is 0 Å². The number of aryl methyl sites for hydroxylation is 1. The number of amides is 1. The third-order valence-electron chi connectivity index (χ3n) is 4.86. The van der Waals surface area contributed by atoms with E-state index in [2.05, 4.69) is 22.4 Å². The van der Waals surface area contributed by atoms with Gasteiger partial charge in [-0.2, -0.15) is 4.98 Å². The van der Waals surface area contributed by atoms with Crippen LogP contribution in [0.2, 0.25) is 0 Å². The fraction of sp³-hybridized carbons (Fsp3) is 0.550. The number of ether oxygens (including phenoxy) is 1. The van der Waals surface area contributed by atoms with Crippen molar-refractivity contribution in [3.8, 4) is 17.1 Å². The Hall–Kier alpha value is -2.41. The van der Waals surface area contributed by atoms with E-state index in [1.165, 1.54) is 0 Å². The largest absolute Gasteiger partial charge is 0.497 e. The van der Waals surface area contributed by atoms with Crippen molar-refractivity contribution in [2.24, 2.45) is 0 Å². The number of carbonyl (C=O) groups is 1. The minimum atomic E-state index is 0.223. The predicted molar refractivity (Wildman–Crippen MR) is 103 cm³/mol. The van der Waals surface area contributed by atoms with Crippen LogP contribution in [0.4, 0.5) is 0 Å². The zero-order chi connectivity index (χ0) is 19.1. The van der Waals surface area contributed by atoms with Crippen LogP contribution in [0.1, 0.15) is 38.5 Å². The van der Waals surface area contributed by atoms with Gasteiger partial charge in [0, 0.05) is 37.5 Å². The fourth-order valence-corrected chi connectivity index (χ4v) is 3.41. The quantitative estimate of drug-likeness (QED) is 0.729. The Bertz CT molecular complexity index is 723. The van der Waals surface area contributed by atoms with E-state index in [-0.39, 0.29) is 5.91 Å². The number of aromatic nitrogens is 2. The van der Waals surface area contributed by atoms with Gasteiger partial charge in [0.1, 0.15) is 5.75 Å². The smallest absolute Gasteiger partial charge is 0.226 e. The van der Waals surface area contributed by atoms with Crippen LogP contribution >= 0.6 is 0 Å². The monoisotopic (exact) mass is 372 g/mol. The van der Waals surface area contributed by atoms with Crippen molar-refractivity contribution < 1.29 is 14.1 Å². The molecule has 1 N–H and O–H groups in total. The summed E-state index contributed by atoms with van der Waals surface area (Å²) < 4.78 is 10.5. The molecule has 0 saturated carbocycles. The zero-order valence-corrected chi connectivity index (χ0v) is 16.1. The van der Waals surface area contributed by atoms with Crippen LogP contribution in [0.15, 0.2) is 28.8 Å². The first kappa shape index (κ1) is 19.4. The van der Waals surface area contributed by atoms with Gasteiger partial charge in [-0.25, -0.2) is 0 Å². The van der Waals surface area contributed by atoms with Gasteiger partial charge in [-0.1, -0.05) is 12.1 Å². The van der Waals surface area contributed by atoms with Gasteiger partial charge in [0.2, 0.25) is 17.6 Å². The standard InChI is InChI=1S/C20H28N4O3/c1-3-13-24(16-11-12-21-14-16)19(25)6-4-5-18-22-20(23-27-18)15-7-9-17(26-2)10-8-15/h7-10,16,21H,3-6,11-14H2,1-2H3. The lowest BCUT2D eigenvalue weighted by molar-refractivity contribution is -0.133. The van der Waals surface area contributed by atoms with Crippen molar-refractivity contribution in [1.29, 1.82) is 0 Å². The highest BCUT2D eigenvalue weighted by molar-refractivity contribution is 5.76. The molecular formula is C20H28N4O3. The molecule has 1 saturated heterocycles. The Morgan fingerprint density at radius 1 is 1.37 bits per heavy atom. The molecule has 0 bridgehead atoms. The summed E-state index contributed by atoms with van der Waals surface area (Å²) in [4.78, 5) is 19.1. The van der Waals surface area contributed by atoms with Crippen molar-refractivity contribution >= 4 is 5.91 Å². The lowest BCUT2D eigenvalue weighted by Crippen LogP contribution is -2.42. The lowest BCUT2D eigenvalue weighted by atomic mass is 10.1. The summed E-state index contributed by atoms with van der Waals surface area (Å²) in [5.41, 5.74) is 0.879. The number of hydrogen-bond donors (Lipinski definition) is 1. The highest BCUT2D eigenvalue weighted by atomic mass is 16.5. The van der Waals surface area contributed by atoms with E-state index in [1.54, 1.807) is 7.11 Å². The molecule has 146 valence electrons. The normalized spacial score (nSPS) is 16.4. The summed E-state index contributed by atoms with van der Waals surface area (Å²) >= 11 is 0. The molecule has 7 heteroatoms. The van der Waals surface area contributed by atoms with Crippen LogP contribution in [0.3, 0.4) is 0 Å². The number of benzene rings is 1. The van der Waals surface area contributed by atoms with Gasteiger partial charge >= 0.3 is 0 Å². The second-order valence-electron chi connectivity index (χ2n) is 6.83. The van der Waals surface area contributed by atoms with Gasteiger partial charge in [-0.05, 0) is 50.1 Å². The molecule has 27 heavy (non-hydrogen) atoms. The summed E-state index contributed by atoms with van der Waals surface area (Å²) in [5.74, 6) is 2.14. The van der Waals surface area contributed by atoms with E-state index in [9.17, 15) is 4.79 Å².